The standard InChI is InChI=1S/C28H29F3N8O/c1-3-5-9-23-18-39(26-24(28(29,30)31)11-14-37(26)13-4-2)27(40)38(23)17-22-16-20(10-12-32-22)19-7-6-8-21(15-19)25-33-35-36-34-25/h6-8,10-12,14-16,18H,3-5,9,13,17H2,1-2H3,(H,33,34,35,36). The number of aryl methyl sites for hydroxylation is 2. The summed E-state index contributed by atoms with van der Waals surface area (Å²) >= 11 is 0. The molecule has 12 heteroatoms. The summed E-state index contributed by atoms with van der Waals surface area (Å²) in [7, 11) is 0. The number of hydrogen-bond acceptors (Lipinski definition) is 5. The molecule has 0 radical (unpaired) electrons. The summed E-state index contributed by atoms with van der Waals surface area (Å²) in [5.74, 6) is 0.312. The summed E-state index contributed by atoms with van der Waals surface area (Å²) < 4.78 is 46.0. The van der Waals surface area contributed by atoms with E-state index in [0.717, 1.165) is 40.2 Å². The van der Waals surface area contributed by atoms with Gasteiger partial charge in [0.15, 0.2) is 0 Å². The first-order chi connectivity index (χ1) is 19.3. The Balaban J connectivity index is 1.55. The summed E-state index contributed by atoms with van der Waals surface area (Å²) in [6, 6.07) is 12.4. The summed E-state index contributed by atoms with van der Waals surface area (Å²) in [6.45, 7) is 4.40. The number of alkyl halides is 3. The molecule has 0 aliphatic rings. The molecule has 0 amide bonds. The topological polar surface area (TPSA) is 99.2 Å². The summed E-state index contributed by atoms with van der Waals surface area (Å²) in [4.78, 5) is 18.2. The van der Waals surface area contributed by atoms with Crippen molar-refractivity contribution in [2.24, 2.45) is 0 Å². The SMILES string of the molecule is CCCCc1cn(-c2c(C(F)(F)F)ccn2CCC)c(=O)n1Cc1cc(-c2cccc(-c3nn[nH]n3)c2)ccn1. The fraction of sp³-hybridized carbons (Fsp3) is 0.321. The number of halogens is 3. The fourth-order valence-corrected chi connectivity index (χ4v) is 4.81. The number of unbranched alkanes of at least 4 members (excludes halogenated alkanes) is 1. The van der Waals surface area contributed by atoms with Gasteiger partial charge in [-0.15, -0.1) is 10.2 Å². The first kappa shape index (κ1) is 27.1. The third-order valence-electron chi connectivity index (χ3n) is 6.72. The number of H-pyrrole nitrogens is 1. The molecule has 0 aliphatic heterocycles. The molecule has 5 aromatic rings. The zero-order chi connectivity index (χ0) is 28.3. The van der Waals surface area contributed by atoms with Gasteiger partial charge in [-0.1, -0.05) is 38.5 Å². The van der Waals surface area contributed by atoms with Gasteiger partial charge in [0.25, 0.3) is 0 Å². The van der Waals surface area contributed by atoms with E-state index in [-0.39, 0.29) is 12.4 Å². The molecule has 1 N–H and O–H groups in total. The number of tetrazole rings is 1. The van der Waals surface area contributed by atoms with Crippen molar-refractivity contribution < 1.29 is 13.2 Å². The third kappa shape index (κ3) is 5.47. The molecule has 0 unspecified atom stereocenters. The summed E-state index contributed by atoms with van der Waals surface area (Å²) in [6.07, 6.45) is 2.87. The minimum absolute atomic E-state index is 0.124. The summed E-state index contributed by atoms with van der Waals surface area (Å²) in [5, 5.41) is 14.1. The van der Waals surface area contributed by atoms with E-state index in [2.05, 4.69) is 25.6 Å². The van der Waals surface area contributed by atoms with E-state index in [1.165, 1.54) is 15.3 Å². The van der Waals surface area contributed by atoms with Gasteiger partial charge in [0, 0.05) is 36.4 Å². The lowest BCUT2D eigenvalue weighted by Gasteiger charge is -2.13. The monoisotopic (exact) mass is 550 g/mol. The van der Waals surface area contributed by atoms with Gasteiger partial charge in [-0.05, 0) is 59.9 Å². The molecular formula is C28H29F3N8O. The average molecular weight is 551 g/mol. The van der Waals surface area contributed by atoms with Gasteiger partial charge in [0.05, 0.1) is 17.8 Å². The smallest absolute Gasteiger partial charge is 0.334 e. The lowest BCUT2D eigenvalue weighted by molar-refractivity contribution is -0.137. The van der Waals surface area contributed by atoms with Crippen molar-refractivity contribution >= 4 is 0 Å². The van der Waals surface area contributed by atoms with Gasteiger partial charge >= 0.3 is 11.9 Å². The van der Waals surface area contributed by atoms with Crippen LogP contribution in [0.25, 0.3) is 28.3 Å². The Bertz CT molecular complexity index is 1650. The Morgan fingerprint density at radius 3 is 2.52 bits per heavy atom. The molecule has 0 aliphatic carbocycles. The van der Waals surface area contributed by atoms with E-state index in [4.69, 9.17) is 0 Å². The van der Waals surface area contributed by atoms with Crippen molar-refractivity contribution in [3.63, 3.8) is 0 Å². The number of nitrogens with zero attached hydrogens (tertiary/aromatic N) is 7. The number of rotatable bonds is 10. The van der Waals surface area contributed by atoms with Crippen LogP contribution >= 0.6 is 0 Å². The molecule has 1 aromatic carbocycles. The van der Waals surface area contributed by atoms with Gasteiger partial charge < -0.3 is 4.57 Å². The third-order valence-corrected chi connectivity index (χ3v) is 6.72. The van der Waals surface area contributed by atoms with Crippen LogP contribution in [0.2, 0.25) is 0 Å². The lowest BCUT2D eigenvalue weighted by Crippen LogP contribution is -2.27. The molecule has 5 rings (SSSR count). The molecule has 208 valence electrons. The Labute approximate surface area is 228 Å². The Kier molecular flexibility index (Phi) is 7.67. The zero-order valence-electron chi connectivity index (χ0n) is 22.2. The van der Waals surface area contributed by atoms with E-state index in [1.807, 2.05) is 50.2 Å². The zero-order valence-corrected chi connectivity index (χ0v) is 22.2. The molecule has 0 atom stereocenters. The Morgan fingerprint density at radius 2 is 1.80 bits per heavy atom. The minimum Gasteiger partial charge on any atom is -0.334 e. The van der Waals surface area contributed by atoms with Gasteiger partial charge in [0.1, 0.15) is 5.82 Å². The number of aromatic nitrogens is 8. The van der Waals surface area contributed by atoms with Gasteiger partial charge in [0.2, 0.25) is 5.82 Å². The molecule has 4 aromatic heterocycles. The highest BCUT2D eigenvalue weighted by molar-refractivity contribution is 5.70. The molecule has 0 saturated carbocycles. The minimum atomic E-state index is -4.59. The molecule has 40 heavy (non-hydrogen) atoms. The normalized spacial score (nSPS) is 11.8. The van der Waals surface area contributed by atoms with E-state index >= 15 is 0 Å². The van der Waals surface area contributed by atoms with E-state index in [0.29, 0.717) is 36.6 Å². The second-order valence-electron chi connectivity index (χ2n) is 9.56. The second-order valence-corrected chi connectivity index (χ2v) is 9.56. The molecular weight excluding hydrogens is 521 g/mol. The predicted octanol–water partition coefficient (Wildman–Crippen LogP) is 5.50. The summed E-state index contributed by atoms with van der Waals surface area (Å²) in [5.41, 5.74) is 2.47. The quantitative estimate of drug-likeness (QED) is 0.248. The van der Waals surface area contributed by atoms with Crippen LogP contribution in [0.3, 0.4) is 0 Å². The van der Waals surface area contributed by atoms with Crippen LogP contribution < -0.4 is 5.69 Å². The van der Waals surface area contributed by atoms with Crippen LogP contribution in [0, 0.1) is 0 Å². The van der Waals surface area contributed by atoms with Crippen LogP contribution in [0.1, 0.15) is 50.1 Å². The van der Waals surface area contributed by atoms with Gasteiger partial charge in [-0.25, -0.2) is 4.79 Å². The van der Waals surface area contributed by atoms with Crippen molar-refractivity contribution in [1.82, 2.24) is 39.3 Å². The Hall–Kier alpha value is -4.48. The molecule has 0 spiro atoms. The van der Waals surface area contributed by atoms with Crippen LogP contribution in [0.4, 0.5) is 13.2 Å². The van der Waals surface area contributed by atoms with Crippen molar-refractivity contribution in [3.05, 3.63) is 88.5 Å². The maximum atomic E-state index is 13.9. The van der Waals surface area contributed by atoms with Gasteiger partial charge in [-0.3, -0.25) is 14.1 Å². The molecule has 4 heterocycles. The molecule has 0 fully saturated rings. The van der Waals surface area contributed by atoms with E-state index in [9.17, 15) is 18.0 Å². The number of hydrogen-bond donors (Lipinski definition) is 1. The first-order valence-corrected chi connectivity index (χ1v) is 13.2. The van der Waals surface area contributed by atoms with Crippen molar-refractivity contribution in [3.8, 4) is 28.3 Å². The van der Waals surface area contributed by atoms with Crippen molar-refractivity contribution in [1.29, 1.82) is 0 Å². The first-order valence-electron chi connectivity index (χ1n) is 13.2. The number of imidazole rings is 1. The number of benzene rings is 1. The van der Waals surface area contributed by atoms with Crippen LogP contribution in [-0.2, 0) is 25.7 Å². The maximum absolute atomic E-state index is 13.9. The van der Waals surface area contributed by atoms with E-state index < -0.39 is 17.4 Å². The lowest BCUT2D eigenvalue weighted by atomic mass is 10.0. The predicted molar refractivity (Wildman–Crippen MR) is 144 cm³/mol. The molecule has 9 nitrogen and oxygen atoms in total. The average Bonchev–Trinajstić information content (AvgIpc) is 3.69. The number of nitrogens with one attached hydrogen (secondary N) is 1. The number of aromatic amines is 1. The van der Waals surface area contributed by atoms with Crippen LogP contribution in [0.5, 0.6) is 0 Å². The highest BCUT2D eigenvalue weighted by Crippen LogP contribution is 2.34. The molecule has 0 bridgehead atoms. The van der Waals surface area contributed by atoms with Gasteiger partial charge in [-0.2, -0.15) is 18.4 Å². The number of pyridine rings is 1. The maximum Gasteiger partial charge on any atom is 0.419 e. The molecule has 0 saturated heterocycles. The largest absolute Gasteiger partial charge is 0.419 e. The van der Waals surface area contributed by atoms with Crippen molar-refractivity contribution in [2.45, 2.75) is 58.8 Å². The van der Waals surface area contributed by atoms with Crippen molar-refractivity contribution in [2.75, 3.05) is 0 Å². The fourth-order valence-electron chi connectivity index (χ4n) is 4.81. The van der Waals surface area contributed by atoms with E-state index in [1.54, 1.807) is 12.4 Å². The van der Waals surface area contributed by atoms with Crippen LogP contribution in [-0.4, -0.2) is 39.3 Å². The van der Waals surface area contributed by atoms with Crippen LogP contribution in [0.15, 0.2) is 65.8 Å². The Morgan fingerprint density at radius 1 is 1.00 bits per heavy atom. The highest BCUT2D eigenvalue weighted by atomic mass is 19.4. The second kappa shape index (κ2) is 11.3. The highest BCUT2D eigenvalue weighted by Gasteiger charge is 2.37.